The van der Waals surface area contributed by atoms with Crippen LogP contribution in [0.5, 0.6) is 0 Å². The van der Waals surface area contributed by atoms with Gasteiger partial charge in [-0.05, 0) is 12.8 Å². The fourth-order valence-corrected chi connectivity index (χ4v) is 1.37. The molecule has 0 unspecified atom stereocenters. The van der Waals surface area contributed by atoms with E-state index >= 15 is 0 Å². The van der Waals surface area contributed by atoms with E-state index in [9.17, 15) is 9.59 Å². The van der Waals surface area contributed by atoms with Crippen LogP contribution in [0.3, 0.4) is 0 Å². The Morgan fingerprint density at radius 2 is 2.07 bits per heavy atom. The molecular formula is C9H16N2O4. The zero-order valence-corrected chi connectivity index (χ0v) is 8.40. The zero-order valence-electron chi connectivity index (χ0n) is 8.40. The first-order chi connectivity index (χ1) is 7.05. The highest BCUT2D eigenvalue weighted by Gasteiger charge is 2.49. The molecule has 1 aliphatic carbocycles. The number of nitrogens with one attached hydrogen (secondary N) is 1. The Hall–Kier alpha value is -1.14. The van der Waals surface area contributed by atoms with E-state index in [4.69, 9.17) is 15.9 Å². The van der Waals surface area contributed by atoms with Gasteiger partial charge in [-0.1, -0.05) is 0 Å². The smallest absolute Gasteiger partial charge is 0.326 e. The minimum Gasteiger partial charge on any atom is -0.480 e. The Kier molecular flexibility index (Phi) is 3.65. The fourth-order valence-electron chi connectivity index (χ4n) is 1.37. The van der Waals surface area contributed by atoms with Crippen molar-refractivity contribution in [1.29, 1.82) is 0 Å². The van der Waals surface area contributed by atoms with Crippen molar-refractivity contribution in [3.8, 4) is 0 Å². The highest BCUT2D eigenvalue weighted by Crippen LogP contribution is 2.44. The van der Waals surface area contributed by atoms with Gasteiger partial charge >= 0.3 is 5.97 Å². The predicted molar refractivity (Wildman–Crippen MR) is 52.0 cm³/mol. The molecule has 5 N–H and O–H groups in total. The molecule has 6 heteroatoms. The van der Waals surface area contributed by atoms with Gasteiger partial charge in [0.05, 0.1) is 5.41 Å². The molecule has 15 heavy (non-hydrogen) atoms. The topological polar surface area (TPSA) is 113 Å². The van der Waals surface area contributed by atoms with Crippen molar-refractivity contribution < 1.29 is 19.8 Å². The van der Waals surface area contributed by atoms with Gasteiger partial charge < -0.3 is 21.3 Å². The van der Waals surface area contributed by atoms with Gasteiger partial charge in [0.2, 0.25) is 5.91 Å². The Balaban J connectivity index is 2.51. The van der Waals surface area contributed by atoms with Crippen LogP contribution in [-0.2, 0) is 9.59 Å². The van der Waals surface area contributed by atoms with E-state index in [0.717, 1.165) is 0 Å². The quantitative estimate of drug-likeness (QED) is 0.439. The van der Waals surface area contributed by atoms with Gasteiger partial charge in [-0.3, -0.25) is 4.79 Å². The summed E-state index contributed by atoms with van der Waals surface area (Å²) in [4.78, 5) is 22.3. The Bertz CT molecular complexity index is 263. The van der Waals surface area contributed by atoms with Crippen molar-refractivity contribution in [2.75, 3.05) is 13.2 Å². The highest BCUT2D eigenvalue weighted by atomic mass is 16.4. The molecule has 0 spiro atoms. The average Bonchev–Trinajstić information content (AvgIpc) is 2.97. The maximum Gasteiger partial charge on any atom is 0.326 e. The summed E-state index contributed by atoms with van der Waals surface area (Å²) in [5.74, 6) is -1.45. The predicted octanol–water partition coefficient (Wildman–Crippen LogP) is -1.32. The second kappa shape index (κ2) is 4.59. The Morgan fingerprint density at radius 1 is 1.47 bits per heavy atom. The molecule has 86 valence electrons. The van der Waals surface area contributed by atoms with Gasteiger partial charge in [-0.2, -0.15) is 0 Å². The Labute approximate surface area is 87.5 Å². The van der Waals surface area contributed by atoms with Gasteiger partial charge in [0.25, 0.3) is 0 Å². The van der Waals surface area contributed by atoms with E-state index in [0.29, 0.717) is 12.8 Å². The third kappa shape index (κ3) is 2.66. The van der Waals surface area contributed by atoms with Crippen molar-refractivity contribution in [2.45, 2.75) is 25.3 Å². The maximum atomic E-state index is 11.6. The van der Waals surface area contributed by atoms with Gasteiger partial charge in [0.15, 0.2) is 0 Å². The van der Waals surface area contributed by atoms with Crippen LogP contribution in [0.15, 0.2) is 0 Å². The number of hydrogen-bond acceptors (Lipinski definition) is 4. The number of carbonyl (C=O) groups excluding carboxylic acids is 1. The normalized spacial score (nSPS) is 19.3. The van der Waals surface area contributed by atoms with Crippen molar-refractivity contribution in [3.05, 3.63) is 0 Å². The molecule has 1 rings (SSSR count). The third-order valence-corrected chi connectivity index (χ3v) is 2.75. The monoisotopic (exact) mass is 216 g/mol. The van der Waals surface area contributed by atoms with E-state index in [-0.39, 0.29) is 25.5 Å². The average molecular weight is 216 g/mol. The Morgan fingerprint density at radius 3 is 2.40 bits per heavy atom. The van der Waals surface area contributed by atoms with Crippen LogP contribution >= 0.6 is 0 Å². The summed E-state index contributed by atoms with van der Waals surface area (Å²) in [5, 5.41) is 19.8. The highest BCUT2D eigenvalue weighted by molar-refractivity contribution is 5.89. The summed E-state index contributed by atoms with van der Waals surface area (Å²) in [7, 11) is 0. The summed E-state index contributed by atoms with van der Waals surface area (Å²) < 4.78 is 0. The van der Waals surface area contributed by atoms with Crippen molar-refractivity contribution in [2.24, 2.45) is 11.1 Å². The van der Waals surface area contributed by atoms with Crippen LogP contribution in [0, 0.1) is 5.41 Å². The van der Waals surface area contributed by atoms with Gasteiger partial charge in [-0.15, -0.1) is 0 Å². The minimum atomic E-state index is -1.13. The third-order valence-electron chi connectivity index (χ3n) is 2.75. The SMILES string of the molecule is NCC1(C(=O)N[C@H](CCO)C(=O)O)CC1. The molecule has 1 amide bonds. The first-order valence-corrected chi connectivity index (χ1v) is 4.90. The van der Waals surface area contributed by atoms with Crippen LogP contribution in [0.4, 0.5) is 0 Å². The summed E-state index contributed by atoms with van der Waals surface area (Å²) in [6, 6.07) is -1.02. The lowest BCUT2D eigenvalue weighted by atomic mass is 10.1. The lowest BCUT2D eigenvalue weighted by molar-refractivity contribution is -0.143. The van der Waals surface area contributed by atoms with Gasteiger partial charge in [-0.25, -0.2) is 4.79 Å². The number of aliphatic hydroxyl groups excluding tert-OH is 1. The van der Waals surface area contributed by atoms with Gasteiger partial charge in [0.1, 0.15) is 6.04 Å². The number of rotatable bonds is 6. The number of carbonyl (C=O) groups is 2. The largest absolute Gasteiger partial charge is 0.480 e. The summed E-state index contributed by atoms with van der Waals surface area (Å²) >= 11 is 0. The first-order valence-electron chi connectivity index (χ1n) is 4.90. The van der Waals surface area contributed by atoms with Crippen molar-refractivity contribution in [3.63, 3.8) is 0 Å². The van der Waals surface area contributed by atoms with E-state index in [2.05, 4.69) is 5.32 Å². The maximum absolute atomic E-state index is 11.6. The van der Waals surface area contributed by atoms with Crippen LogP contribution in [0.25, 0.3) is 0 Å². The van der Waals surface area contributed by atoms with E-state index in [1.54, 1.807) is 0 Å². The molecule has 1 fully saturated rings. The van der Waals surface area contributed by atoms with Crippen LogP contribution in [0.2, 0.25) is 0 Å². The molecule has 0 aromatic heterocycles. The number of aliphatic carboxylic acids is 1. The zero-order chi connectivity index (χ0) is 11.5. The molecule has 6 nitrogen and oxygen atoms in total. The number of carboxylic acids is 1. The lowest BCUT2D eigenvalue weighted by Crippen LogP contribution is -2.46. The molecule has 0 aliphatic heterocycles. The van der Waals surface area contributed by atoms with Crippen LogP contribution in [-0.4, -0.2) is 41.3 Å². The number of amides is 1. The van der Waals surface area contributed by atoms with E-state index in [1.165, 1.54) is 0 Å². The molecule has 1 aliphatic rings. The summed E-state index contributed by atoms with van der Waals surface area (Å²) in [6.07, 6.45) is 1.43. The standard InChI is InChI=1S/C9H16N2O4/c10-5-9(2-3-9)8(15)11-6(1-4-12)7(13)14/h6,12H,1-5,10H2,(H,11,15)(H,13,14)/t6-/m1/s1. The number of nitrogens with two attached hydrogens (primary N) is 1. The molecule has 1 saturated carbocycles. The van der Waals surface area contributed by atoms with Gasteiger partial charge in [0, 0.05) is 19.6 Å². The number of aliphatic hydroxyl groups is 1. The number of carboxylic acid groups (broad SMARTS) is 1. The van der Waals surface area contributed by atoms with E-state index in [1.807, 2.05) is 0 Å². The molecule has 0 heterocycles. The molecular weight excluding hydrogens is 200 g/mol. The van der Waals surface area contributed by atoms with E-state index < -0.39 is 17.4 Å². The minimum absolute atomic E-state index is 0.0156. The lowest BCUT2D eigenvalue weighted by Gasteiger charge is -2.17. The fraction of sp³-hybridized carbons (Fsp3) is 0.778. The molecule has 0 saturated heterocycles. The number of hydrogen-bond donors (Lipinski definition) is 4. The first kappa shape index (κ1) is 11.9. The van der Waals surface area contributed by atoms with Crippen molar-refractivity contribution in [1.82, 2.24) is 5.32 Å². The summed E-state index contributed by atoms with van der Waals surface area (Å²) in [5.41, 5.74) is 4.89. The second-order valence-corrected chi connectivity index (χ2v) is 3.86. The molecule has 0 aromatic carbocycles. The van der Waals surface area contributed by atoms with Crippen LogP contribution in [0.1, 0.15) is 19.3 Å². The second-order valence-electron chi connectivity index (χ2n) is 3.86. The molecule has 0 aromatic rings. The van der Waals surface area contributed by atoms with Crippen LogP contribution < -0.4 is 11.1 Å². The van der Waals surface area contributed by atoms with Crippen molar-refractivity contribution >= 4 is 11.9 Å². The summed E-state index contributed by atoms with van der Waals surface area (Å²) in [6.45, 7) is -0.0306. The molecule has 0 bridgehead atoms. The molecule has 1 atom stereocenters. The molecule has 0 radical (unpaired) electrons.